The number of benzene rings is 2. The van der Waals surface area contributed by atoms with Gasteiger partial charge in [0.2, 0.25) is 0 Å². The zero-order chi connectivity index (χ0) is 21.6. The molecule has 0 aliphatic rings. The van der Waals surface area contributed by atoms with Gasteiger partial charge in [-0.3, -0.25) is 0 Å². The zero-order valence-corrected chi connectivity index (χ0v) is 16.6. The van der Waals surface area contributed by atoms with Crippen molar-refractivity contribution in [3.63, 3.8) is 0 Å². The first kappa shape index (κ1) is 22.5. The Morgan fingerprint density at radius 1 is 1.17 bits per heavy atom. The molecule has 0 saturated carbocycles. The van der Waals surface area contributed by atoms with Gasteiger partial charge in [-0.05, 0) is 48.4 Å². The molecule has 0 aliphatic heterocycles. The SMILES string of the molecule is CC(N)=NC=Nc1ccc(/C=C/C(c2cc(Cl)cc(Cl)c2)C(F)(F)F)cc1C#N. The van der Waals surface area contributed by atoms with Gasteiger partial charge in [0.05, 0.1) is 23.0 Å². The number of rotatable bonds is 5. The highest BCUT2D eigenvalue weighted by Crippen LogP contribution is 2.38. The monoisotopic (exact) mass is 438 g/mol. The average Bonchev–Trinajstić information content (AvgIpc) is 2.60. The maximum absolute atomic E-state index is 13.6. The molecule has 0 aliphatic carbocycles. The van der Waals surface area contributed by atoms with Crippen LogP contribution in [0.25, 0.3) is 6.08 Å². The molecule has 4 nitrogen and oxygen atoms in total. The van der Waals surface area contributed by atoms with E-state index >= 15 is 0 Å². The highest BCUT2D eigenvalue weighted by atomic mass is 35.5. The summed E-state index contributed by atoms with van der Waals surface area (Å²) in [5.74, 6) is -1.62. The van der Waals surface area contributed by atoms with Crippen LogP contribution in [-0.4, -0.2) is 18.4 Å². The minimum atomic E-state index is -4.55. The van der Waals surface area contributed by atoms with Crippen LogP contribution in [-0.2, 0) is 0 Å². The molecule has 9 heteroatoms. The van der Waals surface area contributed by atoms with Gasteiger partial charge < -0.3 is 5.73 Å². The van der Waals surface area contributed by atoms with Gasteiger partial charge in [0.15, 0.2) is 0 Å². The van der Waals surface area contributed by atoms with E-state index in [0.29, 0.717) is 17.1 Å². The van der Waals surface area contributed by atoms with Crippen LogP contribution in [0.1, 0.15) is 29.5 Å². The Morgan fingerprint density at radius 2 is 1.83 bits per heavy atom. The highest BCUT2D eigenvalue weighted by Gasteiger charge is 2.39. The molecule has 1 unspecified atom stereocenters. The summed E-state index contributed by atoms with van der Waals surface area (Å²) in [6.07, 6.45) is -1.08. The Kier molecular flexibility index (Phi) is 7.43. The van der Waals surface area contributed by atoms with Gasteiger partial charge in [0.25, 0.3) is 0 Å². The van der Waals surface area contributed by atoms with Gasteiger partial charge in [-0.2, -0.15) is 18.4 Å². The number of nitriles is 1. The molecule has 2 rings (SSSR count). The van der Waals surface area contributed by atoms with Crippen molar-refractivity contribution in [2.45, 2.75) is 19.0 Å². The third-order valence-corrected chi connectivity index (χ3v) is 4.11. The fraction of sp³-hybridized carbons (Fsp3) is 0.150. The summed E-state index contributed by atoms with van der Waals surface area (Å²) in [6.45, 7) is 1.58. The van der Waals surface area contributed by atoms with Gasteiger partial charge in [-0.25, -0.2) is 9.98 Å². The number of aliphatic imine (C=N–C) groups is 2. The molecule has 0 radical (unpaired) electrons. The molecule has 0 fully saturated rings. The zero-order valence-electron chi connectivity index (χ0n) is 15.1. The average molecular weight is 439 g/mol. The van der Waals surface area contributed by atoms with Gasteiger partial charge in [0.1, 0.15) is 12.4 Å². The van der Waals surface area contributed by atoms with Gasteiger partial charge in [-0.15, -0.1) is 0 Å². The van der Waals surface area contributed by atoms with Crippen LogP contribution in [0.4, 0.5) is 18.9 Å². The van der Waals surface area contributed by atoms with E-state index in [1.807, 2.05) is 6.07 Å². The molecule has 0 aromatic heterocycles. The third-order valence-electron chi connectivity index (χ3n) is 3.68. The van der Waals surface area contributed by atoms with Crippen molar-refractivity contribution in [3.05, 3.63) is 69.2 Å². The lowest BCUT2D eigenvalue weighted by atomic mass is 9.96. The van der Waals surface area contributed by atoms with E-state index in [9.17, 15) is 18.4 Å². The molecule has 2 aromatic carbocycles. The highest BCUT2D eigenvalue weighted by molar-refractivity contribution is 6.34. The van der Waals surface area contributed by atoms with E-state index in [0.717, 1.165) is 6.08 Å². The quantitative estimate of drug-likeness (QED) is 0.441. The first-order chi connectivity index (χ1) is 13.6. The first-order valence-electron chi connectivity index (χ1n) is 8.17. The van der Waals surface area contributed by atoms with Crippen LogP contribution >= 0.6 is 23.2 Å². The summed E-state index contributed by atoms with van der Waals surface area (Å²) in [4.78, 5) is 7.80. The lowest BCUT2D eigenvalue weighted by Gasteiger charge is -2.18. The Morgan fingerprint density at radius 3 is 2.38 bits per heavy atom. The number of hydrogen-bond acceptors (Lipinski definition) is 2. The van der Waals surface area contributed by atoms with Crippen LogP contribution in [0.5, 0.6) is 0 Å². The van der Waals surface area contributed by atoms with Crippen molar-refractivity contribution < 1.29 is 13.2 Å². The first-order valence-corrected chi connectivity index (χ1v) is 8.93. The molecule has 2 N–H and O–H groups in total. The number of nitrogens with two attached hydrogens (primary N) is 1. The third kappa shape index (κ3) is 6.63. The second-order valence-electron chi connectivity index (χ2n) is 5.98. The van der Waals surface area contributed by atoms with Crippen molar-refractivity contribution in [2.75, 3.05) is 0 Å². The molecule has 2 aromatic rings. The standard InChI is InChI=1S/C20H15Cl2F3N4/c1-12(27)28-11-29-19-5-3-13(6-15(19)10-26)2-4-18(20(23,24)25)14-7-16(21)9-17(22)8-14/h2-9,11,18H,1H3,(H2,27,28,29)/b4-2+. The molecule has 0 saturated heterocycles. The summed E-state index contributed by atoms with van der Waals surface area (Å²) < 4.78 is 40.7. The van der Waals surface area contributed by atoms with Crippen molar-refractivity contribution in [1.29, 1.82) is 5.26 Å². The van der Waals surface area contributed by atoms with Gasteiger partial charge in [0, 0.05) is 10.0 Å². The van der Waals surface area contributed by atoms with Crippen molar-refractivity contribution in [1.82, 2.24) is 0 Å². The second-order valence-corrected chi connectivity index (χ2v) is 6.86. The lowest BCUT2D eigenvalue weighted by Crippen LogP contribution is -2.18. The molecule has 0 bridgehead atoms. The number of halogens is 5. The molecule has 0 amide bonds. The Balaban J connectivity index is 2.37. The molecule has 150 valence electrons. The van der Waals surface area contributed by atoms with E-state index < -0.39 is 12.1 Å². The number of alkyl halides is 3. The number of allylic oxidation sites excluding steroid dienone is 1. The predicted molar refractivity (Wildman–Crippen MR) is 111 cm³/mol. The minimum absolute atomic E-state index is 0.0806. The van der Waals surface area contributed by atoms with Crippen molar-refractivity contribution >= 4 is 47.1 Å². The van der Waals surface area contributed by atoms with Gasteiger partial charge >= 0.3 is 6.18 Å². The van der Waals surface area contributed by atoms with E-state index in [2.05, 4.69) is 9.98 Å². The van der Waals surface area contributed by atoms with E-state index in [1.54, 1.807) is 13.0 Å². The van der Waals surface area contributed by atoms with Crippen LogP contribution in [0.15, 0.2) is 52.5 Å². The van der Waals surface area contributed by atoms with Crippen LogP contribution in [0, 0.1) is 11.3 Å². The van der Waals surface area contributed by atoms with E-state index in [-0.39, 0.29) is 21.2 Å². The van der Waals surface area contributed by atoms with Crippen LogP contribution in [0.3, 0.4) is 0 Å². The van der Waals surface area contributed by atoms with E-state index in [1.165, 1.54) is 42.7 Å². The van der Waals surface area contributed by atoms with Crippen LogP contribution < -0.4 is 5.73 Å². The minimum Gasteiger partial charge on any atom is -0.387 e. The maximum atomic E-state index is 13.6. The molecule has 0 spiro atoms. The fourth-order valence-electron chi connectivity index (χ4n) is 2.41. The summed E-state index contributed by atoms with van der Waals surface area (Å²) >= 11 is 11.7. The summed E-state index contributed by atoms with van der Waals surface area (Å²) in [5.41, 5.74) is 6.23. The molecule has 0 heterocycles. The summed E-state index contributed by atoms with van der Waals surface area (Å²) in [7, 11) is 0. The largest absolute Gasteiger partial charge is 0.399 e. The molecule has 29 heavy (non-hydrogen) atoms. The Bertz CT molecular complexity index is 997. The molecular weight excluding hydrogens is 424 g/mol. The number of amidine groups is 1. The summed E-state index contributed by atoms with van der Waals surface area (Å²) in [5, 5.41) is 9.50. The number of nitrogens with zero attached hydrogens (tertiary/aromatic N) is 3. The Hall–Kier alpha value is -2.82. The Labute approximate surface area is 175 Å². The normalized spacial score (nSPS) is 13.8. The van der Waals surface area contributed by atoms with E-state index in [4.69, 9.17) is 28.9 Å². The van der Waals surface area contributed by atoms with Gasteiger partial charge in [-0.1, -0.05) is 41.4 Å². The topological polar surface area (TPSA) is 74.5 Å². The second kappa shape index (κ2) is 9.59. The van der Waals surface area contributed by atoms with Crippen LogP contribution in [0.2, 0.25) is 10.0 Å². The maximum Gasteiger partial charge on any atom is 0.399 e. The number of hydrogen-bond donors (Lipinski definition) is 1. The lowest BCUT2D eigenvalue weighted by molar-refractivity contribution is -0.139. The van der Waals surface area contributed by atoms with Crippen molar-refractivity contribution in [2.24, 2.45) is 15.7 Å². The van der Waals surface area contributed by atoms with Crippen molar-refractivity contribution in [3.8, 4) is 6.07 Å². The smallest absolute Gasteiger partial charge is 0.387 e. The summed E-state index contributed by atoms with van der Waals surface area (Å²) in [6, 6.07) is 10.2. The molecule has 1 atom stereocenters. The predicted octanol–water partition coefficient (Wildman–Crippen LogP) is 6.26. The fourth-order valence-corrected chi connectivity index (χ4v) is 2.96. The molecular formula is C20H15Cl2F3N4.